The van der Waals surface area contributed by atoms with Gasteiger partial charge in [0.2, 0.25) is 15.9 Å². The van der Waals surface area contributed by atoms with E-state index < -0.39 is 10.0 Å². The lowest BCUT2D eigenvalue weighted by Crippen LogP contribution is -2.27. The van der Waals surface area contributed by atoms with E-state index in [0.717, 1.165) is 36.1 Å². The van der Waals surface area contributed by atoms with Crippen LogP contribution in [0.4, 0.5) is 0 Å². The quantitative estimate of drug-likeness (QED) is 0.812. The van der Waals surface area contributed by atoms with Crippen molar-refractivity contribution in [3.05, 3.63) is 65.2 Å². The molecule has 1 heterocycles. The topological polar surface area (TPSA) is 66.5 Å². The molecule has 0 saturated carbocycles. The van der Waals surface area contributed by atoms with Crippen LogP contribution in [0.5, 0.6) is 0 Å². The minimum absolute atomic E-state index is 0.213. The summed E-state index contributed by atoms with van der Waals surface area (Å²) in [4.78, 5) is 13.8. The molecular weight excluding hydrogens is 348 g/mol. The minimum Gasteiger partial charge on any atom is -0.342 e. The van der Waals surface area contributed by atoms with Crippen LogP contribution >= 0.6 is 0 Å². The van der Waals surface area contributed by atoms with Crippen LogP contribution in [0.2, 0.25) is 0 Å². The number of rotatable bonds is 7. The Morgan fingerprint density at radius 3 is 2.50 bits per heavy atom. The number of hydrogen-bond acceptors (Lipinski definition) is 3. The van der Waals surface area contributed by atoms with Crippen molar-refractivity contribution in [2.24, 2.45) is 0 Å². The molecule has 2 aromatic carbocycles. The first-order chi connectivity index (χ1) is 12.4. The Hall–Kier alpha value is -2.18. The van der Waals surface area contributed by atoms with Gasteiger partial charge in [0, 0.05) is 26.1 Å². The van der Waals surface area contributed by atoms with Crippen LogP contribution in [-0.4, -0.2) is 32.3 Å². The molecule has 1 fully saturated rings. The highest BCUT2D eigenvalue weighted by atomic mass is 32.2. The molecule has 26 heavy (non-hydrogen) atoms. The predicted molar refractivity (Wildman–Crippen MR) is 101 cm³/mol. The summed E-state index contributed by atoms with van der Waals surface area (Å²) in [5.41, 5.74) is 3.06. The average Bonchev–Trinajstić information content (AvgIpc) is 3.04. The van der Waals surface area contributed by atoms with Crippen LogP contribution in [-0.2, 0) is 27.8 Å². The molecule has 1 amide bonds. The molecule has 0 aliphatic carbocycles. The molecule has 2 aromatic rings. The summed E-state index contributed by atoms with van der Waals surface area (Å²) >= 11 is 0. The van der Waals surface area contributed by atoms with Crippen molar-refractivity contribution in [3.8, 4) is 0 Å². The Labute approximate surface area is 155 Å². The summed E-state index contributed by atoms with van der Waals surface area (Å²) in [6, 6.07) is 14.7. The summed E-state index contributed by atoms with van der Waals surface area (Å²) in [6.07, 6.45) is 2.31. The third kappa shape index (κ3) is 4.71. The zero-order valence-electron chi connectivity index (χ0n) is 14.9. The predicted octanol–water partition coefficient (Wildman–Crippen LogP) is 2.64. The Kier molecular flexibility index (Phi) is 5.74. The van der Waals surface area contributed by atoms with E-state index in [1.54, 1.807) is 12.1 Å². The highest BCUT2D eigenvalue weighted by Crippen LogP contribution is 2.14. The first-order valence-corrected chi connectivity index (χ1v) is 10.3. The highest BCUT2D eigenvalue weighted by molar-refractivity contribution is 7.89. The van der Waals surface area contributed by atoms with Crippen molar-refractivity contribution in [2.45, 2.75) is 37.6 Å². The van der Waals surface area contributed by atoms with Crippen LogP contribution in [0.25, 0.3) is 0 Å². The normalized spacial score (nSPS) is 14.8. The van der Waals surface area contributed by atoms with Crippen molar-refractivity contribution < 1.29 is 13.2 Å². The third-order valence-electron chi connectivity index (χ3n) is 4.62. The van der Waals surface area contributed by atoms with Crippen LogP contribution in [0, 0.1) is 6.92 Å². The zero-order chi connectivity index (χ0) is 18.6. The highest BCUT2D eigenvalue weighted by Gasteiger charge is 2.19. The Bertz CT molecular complexity index is 876. The molecule has 0 bridgehead atoms. The number of hydrogen-bond donors (Lipinski definition) is 1. The molecule has 1 aliphatic rings. The summed E-state index contributed by atoms with van der Waals surface area (Å²) in [6.45, 7) is 3.76. The smallest absolute Gasteiger partial charge is 0.240 e. The molecule has 0 unspecified atom stereocenters. The fourth-order valence-electron chi connectivity index (χ4n) is 3.12. The van der Waals surface area contributed by atoms with Gasteiger partial charge in [-0.25, -0.2) is 13.1 Å². The van der Waals surface area contributed by atoms with Gasteiger partial charge in [-0.15, -0.1) is 0 Å². The van der Waals surface area contributed by atoms with Crippen molar-refractivity contribution in [1.29, 1.82) is 0 Å². The largest absolute Gasteiger partial charge is 0.342 e. The fraction of sp³-hybridized carbons (Fsp3) is 0.350. The van der Waals surface area contributed by atoms with E-state index in [4.69, 9.17) is 0 Å². The maximum atomic E-state index is 12.4. The van der Waals surface area contributed by atoms with E-state index in [-0.39, 0.29) is 17.3 Å². The molecule has 5 nitrogen and oxygen atoms in total. The molecule has 1 N–H and O–H groups in total. The zero-order valence-corrected chi connectivity index (χ0v) is 15.8. The van der Waals surface area contributed by atoms with E-state index in [9.17, 15) is 13.2 Å². The molecule has 0 radical (unpaired) electrons. The van der Waals surface area contributed by atoms with Crippen LogP contribution in [0.15, 0.2) is 53.4 Å². The second-order valence-electron chi connectivity index (χ2n) is 6.69. The molecule has 0 aromatic heterocycles. The number of likely N-dealkylation sites (tertiary alicyclic amines) is 1. The van der Waals surface area contributed by atoms with E-state index in [0.29, 0.717) is 13.0 Å². The van der Waals surface area contributed by atoms with Gasteiger partial charge >= 0.3 is 0 Å². The van der Waals surface area contributed by atoms with Crippen molar-refractivity contribution in [2.75, 3.05) is 13.1 Å². The monoisotopic (exact) mass is 372 g/mol. The summed E-state index contributed by atoms with van der Waals surface area (Å²) in [5.74, 6) is 0.213. The van der Waals surface area contributed by atoms with E-state index in [2.05, 4.69) is 4.72 Å². The lowest BCUT2D eigenvalue weighted by molar-refractivity contribution is -0.127. The standard InChI is InChI=1S/C20H24N2O3S/c1-16-4-2-5-18(14-16)15-21-26(24,25)19-9-7-17(8-10-19)11-13-22-12-3-6-20(22)23/h2,4-5,7-10,14,21H,3,6,11-13,15H2,1H3. The minimum atomic E-state index is -3.54. The summed E-state index contributed by atoms with van der Waals surface area (Å²) < 4.78 is 27.5. The third-order valence-corrected chi connectivity index (χ3v) is 6.04. The first kappa shape index (κ1) is 18.6. The van der Waals surface area contributed by atoms with Crippen LogP contribution in [0.3, 0.4) is 0 Å². The number of nitrogens with one attached hydrogen (secondary N) is 1. The second kappa shape index (κ2) is 8.01. The SMILES string of the molecule is Cc1cccc(CNS(=O)(=O)c2ccc(CCN3CCCC3=O)cc2)c1. The van der Waals surface area contributed by atoms with Crippen molar-refractivity contribution >= 4 is 15.9 Å². The Morgan fingerprint density at radius 1 is 1.08 bits per heavy atom. The van der Waals surface area contributed by atoms with Gasteiger partial charge in [-0.05, 0) is 43.0 Å². The summed E-state index contributed by atoms with van der Waals surface area (Å²) in [7, 11) is -3.54. The molecule has 1 aliphatic heterocycles. The van der Waals surface area contributed by atoms with Gasteiger partial charge in [-0.3, -0.25) is 4.79 Å². The number of amides is 1. The van der Waals surface area contributed by atoms with Crippen molar-refractivity contribution in [1.82, 2.24) is 9.62 Å². The molecular formula is C20H24N2O3S. The average molecular weight is 372 g/mol. The molecule has 138 valence electrons. The maximum Gasteiger partial charge on any atom is 0.240 e. The molecule has 6 heteroatoms. The number of carbonyl (C=O) groups excluding carboxylic acids is 1. The van der Waals surface area contributed by atoms with E-state index in [1.807, 2.05) is 48.2 Å². The second-order valence-corrected chi connectivity index (χ2v) is 8.46. The molecule has 0 spiro atoms. The van der Waals surface area contributed by atoms with Crippen molar-refractivity contribution in [3.63, 3.8) is 0 Å². The lowest BCUT2D eigenvalue weighted by Gasteiger charge is -2.15. The number of carbonyl (C=O) groups is 1. The fourth-order valence-corrected chi connectivity index (χ4v) is 4.14. The van der Waals surface area contributed by atoms with Gasteiger partial charge in [-0.1, -0.05) is 42.0 Å². The number of sulfonamides is 1. The Balaban J connectivity index is 1.58. The van der Waals surface area contributed by atoms with E-state index in [1.165, 1.54) is 0 Å². The van der Waals surface area contributed by atoms with Crippen LogP contribution in [0.1, 0.15) is 29.5 Å². The molecule has 3 rings (SSSR count). The van der Waals surface area contributed by atoms with Gasteiger partial charge in [0.15, 0.2) is 0 Å². The van der Waals surface area contributed by atoms with Gasteiger partial charge in [0.1, 0.15) is 0 Å². The number of aryl methyl sites for hydroxylation is 1. The number of nitrogens with zero attached hydrogens (tertiary/aromatic N) is 1. The van der Waals surface area contributed by atoms with Gasteiger partial charge < -0.3 is 4.90 Å². The first-order valence-electron chi connectivity index (χ1n) is 8.86. The van der Waals surface area contributed by atoms with Gasteiger partial charge in [0.25, 0.3) is 0 Å². The number of benzene rings is 2. The lowest BCUT2D eigenvalue weighted by atomic mass is 10.1. The van der Waals surface area contributed by atoms with E-state index >= 15 is 0 Å². The molecule has 0 atom stereocenters. The summed E-state index contributed by atoms with van der Waals surface area (Å²) in [5, 5.41) is 0. The maximum absolute atomic E-state index is 12.4. The van der Waals surface area contributed by atoms with Crippen LogP contribution < -0.4 is 4.72 Å². The van der Waals surface area contributed by atoms with Gasteiger partial charge in [-0.2, -0.15) is 0 Å². The molecule has 1 saturated heterocycles. The Morgan fingerprint density at radius 2 is 1.85 bits per heavy atom. The van der Waals surface area contributed by atoms with Gasteiger partial charge in [0.05, 0.1) is 4.90 Å².